The zero-order chi connectivity index (χ0) is 54.6. The van der Waals surface area contributed by atoms with Crippen molar-refractivity contribution in [2.24, 2.45) is 0 Å². The van der Waals surface area contributed by atoms with Gasteiger partial charge in [0, 0.05) is 52.0 Å². The summed E-state index contributed by atoms with van der Waals surface area (Å²) in [6.45, 7) is 0. The smallest absolute Gasteiger partial charge is 0.452 e. The Bertz CT molecular complexity index is 4730. The van der Waals surface area contributed by atoms with Gasteiger partial charge in [0.05, 0.1) is 0 Å². The molecule has 0 radical (unpaired) electrons. The maximum atomic E-state index is 9.05. The molecule has 2 N–H and O–H groups in total. The van der Waals surface area contributed by atoms with E-state index in [0.29, 0.717) is 5.46 Å². The van der Waals surface area contributed by atoms with E-state index in [1.165, 1.54) is 33.4 Å². The van der Waals surface area contributed by atoms with Crippen molar-refractivity contribution in [3.63, 3.8) is 0 Å². The average molecular weight is 1180 g/mol. The summed E-state index contributed by atoms with van der Waals surface area (Å²) in [7, 11) is -1.41. The van der Waals surface area contributed by atoms with Crippen molar-refractivity contribution in [2.45, 2.75) is 0 Å². The van der Waals surface area contributed by atoms with Crippen LogP contribution in [0.2, 0.25) is 0 Å². The molecule has 0 spiro atoms. The summed E-state index contributed by atoms with van der Waals surface area (Å²) in [5.41, 5.74) is 18.7. The lowest BCUT2D eigenvalue weighted by Crippen LogP contribution is -2.29. The molecular formula is C72H45BBr2O6. The van der Waals surface area contributed by atoms with Gasteiger partial charge >= 0.3 is 7.12 Å². The minimum Gasteiger partial charge on any atom is -0.452 e. The zero-order valence-corrected chi connectivity index (χ0v) is 46.4. The monoisotopic (exact) mass is 1170 g/mol. The predicted molar refractivity (Wildman–Crippen MR) is 341 cm³/mol. The van der Waals surface area contributed by atoms with E-state index in [1.807, 2.05) is 78.9 Å². The summed E-state index contributed by atoms with van der Waals surface area (Å²) in [6, 6.07) is 89.0. The normalized spacial score (nSPS) is 11.5. The van der Waals surface area contributed by atoms with E-state index in [0.717, 1.165) is 119 Å². The summed E-state index contributed by atoms with van der Waals surface area (Å²) in [4.78, 5) is 0. The van der Waals surface area contributed by atoms with Gasteiger partial charge in [-0.25, -0.2) is 0 Å². The van der Waals surface area contributed by atoms with Gasteiger partial charge in [-0.15, -0.1) is 0 Å². The Balaban J connectivity index is 0.000000131. The zero-order valence-electron chi connectivity index (χ0n) is 43.2. The highest BCUT2D eigenvalue weighted by Gasteiger charge is 2.19. The van der Waals surface area contributed by atoms with E-state index < -0.39 is 7.12 Å². The fourth-order valence-electron chi connectivity index (χ4n) is 11.0. The third kappa shape index (κ3) is 9.60. The standard InChI is InChI=1S/C42H26O2.C18H8Br2O2.C12H11BO2/c1-3-9-27(10-4-1)29-13-7-15-31(23-29)33-17-21-39-37(25-33)35-19-20-36-38-26-34(18-22-40(38)44-42(36)41(35)43-39)32-16-8-14-30(24-32)28-11-5-2-6-12-28;19-9-1-5-15-13(7-9)11-3-4-12-14-8-10(20)2-6-16(14)22-18(12)17(11)21-15;14-13(15)12-8-4-7-11(9-12)10-5-2-1-3-6-10/h1-26H;1-8H;1-9,14-15H. The second-order valence-corrected chi connectivity index (χ2v) is 21.8. The molecule has 0 saturated heterocycles. The highest BCUT2D eigenvalue weighted by molar-refractivity contribution is 9.10. The second-order valence-electron chi connectivity index (χ2n) is 20.0. The minimum absolute atomic E-state index is 0.511. The number of hydrogen-bond donors (Lipinski definition) is 2. The topological polar surface area (TPSA) is 93.0 Å². The molecule has 0 fully saturated rings. The van der Waals surface area contributed by atoms with Crippen molar-refractivity contribution < 1.29 is 27.7 Å². The lowest BCUT2D eigenvalue weighted by molar-refractivity contribution is 0.426. The lowest BCUT2D eigenvalue weighted by Gasteiger charge is -2.06. The average Bonchev–Trinajstić information content (AvgIpc) is 3.36. The van der Waals surface area contributed by atoms with Gasteiger partial charge in [-0.2, -0.15) is 0 Å². The first-order valence-electron chi connectivity index (χ1n) is 26.5. The van der Waals surface area contributed by atoms with Crippen LogP contribution in [0.25, 0.3) is 143 Å². The minimum atomic E-state index is -1.41. The van der Waals surface area contributed by atoms with E-state index in [4.69, 9.17) is 27.7 Å². The number of halogens is 2. The Morgan fingerprint density at radius 1 is 0.235 bits per heavy atom. The number of benzene rings is 12. The molecule has 4 heterocycles. The van der Waals surface area contributed by atoms with Crippen LogP contribution in [0.5, 0.6) is 0 Å². The maximum Gasteiger partial charge on any atom is 0.488 e. The first-order chi connectivity index (χ1) is 39.8. The highest BCUT2D eigenvalue weighted by Crippen LogP contribution is 2.43. The SMILES string of the molecule is Brc1ccc2oc3c(ccc4c5cc(Br)ccc5oc43)c2c1.OB(O)c1cccc(-c2ccccc2)c1.c1ccc(-c2cccc(-c3ccc4oc5c(ccc6c7cc(-c8cccc(-c9ccccc9)c8)ccc7oc65)c4c3)c2)cc1. The molecule has 6 nitrogen and oxygen atoms in total. The van der Waals surface area contributed by atoms with Gasteiger partial charge in [0.15, 0.2) is 22.3 Å². The van der Waals surface area contributed by atoms with E-state index in [2.05, 4.69) is 202 Å². The Labute approximate surface area is 482 Å². The molecule has 16 aromatic rings. The third-order valence-corrected chi connectivity index (χ3v) is 16.0. The molecule has 0 aliphatic rings. The molecule has 12 aromatic carbocycles. The molecule has 0 aliphatic heterocycles. The lowest BCUT2D eigenvalue weighted by atomic mass is 9.79. The van der Waals surface area contributed by atoms with Crippen molar-refractivity contribution in [3.8, 4) is 55.6 Å². The van der Waals surface area contributed by atoms with Gasteiger partial charge in [0.25, 0.3) is 0 Å². The fraction of sp³-hybridized carbons (Fsp3) is 0. The summed E-state index contributed by atoms with van der Waals surface area (Å²) in [6.07, 6.45) is 0. The van der Waals surface area contributed by atoms with Gasteiger partial charge < -0.3 is 27.7 Å². The van der Waals surface area contributed by atoms with Crippen LogP contribution < -0.4 is 5.46 Å². The van der Waals surface area contributed by atoms with Gasteiger partial charge in [0.2, 0.25) is 0 Å². The molecule has 4 aromatic heterocycles. The van der Waals surface area contributed by atoms with E-state index in [9.17, 15) is 0 Å². The first-order valence-corrected chi connectivity index (χ1v) is 28.1. The molecular weight excluding hydrogens is 1130 g/mol. The fourth-order valence-corrected chi connectivity index (χ4v) is 11.7. The molecule has 0 saturated carbocycles. The summed E-state index contributed by atoms with van der Waals surface area (Å²) >= 11 is 7.04. The van der Waals surface area contributed by atoms with Gasteiger partial charge in [-0.1, -0.05) is 196 Å². The molecule has 386 valence electrons. The predicted octanol–water partition coefficient (Wildman–Crippen LogP) is 20.2. The summed E-state index contributed by atoms with van der Waals surface area (Å²) in [5, 5.41) is 26.7. The van der Waals surface area contributed by atoms with Crippen LogP contribution in [0.1, 0.15) is 0 Å². The molecule has 16 rings (SSSR count). The molecule has 0 aliphatic carbocycles. The van der Waals surface area contributed by atoms with Crippen molar-refractivity contribution >= 4 is 132 Å². The van der Waals surface area contributed by atoms with E-state index in [1.54, 1.807) is 12.1 Å². The Morgan fingerprint density at radius 2 is 0.519 bits per heavy atom. The molecule has 0 unspecified atom stereocenters. The Kier molecular flexibility index (Phi) is 13.0. The number of fused-ring (bicyclic) bond motifs is 14. The summed E-state index contributed by atoms with van der Waals surface area (Å²) < 4.78 is 27.1. The van der Waals surface area contributed by atoms with Crippen LogP contribution in [0.4, 0.5) is 0 Å². The quantitative estimate of drug-likeness (QED) is 0.161. The van der Waals surface area contributed by atoms with Gasteiger partial charge in [-0.3, -0.25) is 0 Å². The molecule has 0 amide bonds. The van der Waals surface area contributed by atoms with Crippen LogP contribution >= 0.6 is 31.9 Å². The van der Waals surface area contributed by atoms with Crippen LogP contribution in [-0.4, -0.2) is 17.2 Å². The van der Waals surface area contributed by atoms with Gasteiger partial charge in [-0.05, 0) is 158 Å². The first kappa shape index (κ1) is 50.0. The van der Waals surface area contributed by atoms with Crippen LogP contribution in [0.15, 0.2) is 287 Å². The third-order valence-electron chi connectivity index (χ3n) is 15.0. The molecule has 9 heteroatoms. The van der Waals surface area contributed by atoms with Crippen molar-refractivity contribution in [1.82, 2.24) is 0 Å². The van der Waals surface area contributed by atoms with Crippen molar-refractivity contribution in [3.05, 3.63) is 270 Å². The van der Waals surface area contributed by atoms with Gasteiger partial charge in [0.1, 0.15) is 22.3 Å². The summed E-state index contributed by atoms with van der Waals surface area (Å²) in [5.74, 6) is 0. The second kappa shape index (κ2) is 21.1. The Morgan fingerprint density at radius 3 is 0.877 bits per heavy atom. The van der Waals surface area contributed by atoms with Crippen molar-refractivity contribution in [1.29, 1.82) is 0 Å². The Hall–Kier alpha value is -9.22. The van der Waals surface area contributed by atoms with Crippen LogP contribution in [-0.2, 0) is 0 Å². The maximum absolute atomic E-state index is 9.05. The molecule has 0 atom stereocenters. The van der Waals surface area contributed by atoms with Crippen molar-refractivity contribution in [2.75, 3.05) is 0 Å². The van der Waals surface area contributed by atoms with Crippen LogP contribution in [0.3, 0.4) is 0 Å². The number of rotatable bonds is 6. The van der Waals surface area contributed by atoms with E-state index in [-0.39, 0.29) is 0 Å². The van der Waals surface area contributed by atoms with Crippen LogP contribution in [0, 0.1) is 0 Å². The number of furan rings is 4. The van der Waals surface area contributed by atoms with E-state index >= 15 is 0 Å². The molecule has 81 heavy (non-hydrogen) atoms. The molecule has 0 bridgehead atoms. The highest BCUT2D eigenvalue weighted by atomic mass is 79.9. The number of hydrogen-bond acceptors (Lipinski definition) is 6. The largest absolute Gasteiger partial charge is 0.488 e.